The number of hydrogen-bond acceptors (Lipinski definition) is 4. The van der Waals surface area contributed by atoms with Crippen molar-refractivity contribution in [2.75, 3.05) is 25.5 Å². The molecule has 6 heteroatoms. The molecule has 0 radical (unpaired) electrons. The maximum absolute atomic E-state index is 12.1. The van der Waals surface area contributed by atoms with E-state index in [9.17, 15) is 9.59 Å². The van der Waals surface area contributed by atoms with Gasteiger partial charge in [0.25, 0.3) is 0 Å². The van der Waals surface area contributed by atoms with E-state index in [1.807, 2.05) is 19.1 Å². The summed E-state index contributed by atoms with van der Waals surface area (Å²) in [6.07, 6.45) is 2.48. The third kappa shape index (κ3) is 4.71. The fourth-order valence-corrected chi connectivity index (χ4v) is 2.65. The first-order valence-corrected chi connectivity index (χ1v) is 7.30. The molecule has 1 heterocycles. The average Bonchev–Trinajstić information content (AvgIpc) is 2.98. The summed E-state index contributed by atoms with van der Waals surface area (Å²) < 4.78 is 4.78. The highest BCUT2D eigenvalue weighted by Crippen LogP contribution is 2.21. The molecule has 0 bridgehead atoms. The number of aryl methyl sites for hydroxylation is 1. The number of benzene rings is 1. The lowest BCUT2D eigenvalue weighted by Crippen LogP contribution is -2.17. The summed E-state index contributed by atoms with van der Waals surface area (Å²) in [5.41, 5.74) is 1.74. The van der Waals surface area contributed by atoms with Crippen molar-refractivity contribution in [1.29, 1.82) is 0 Å². The summed E-state index contributed by atoms with van der Waals surface area (Å²) in [5.74, 6) is 0.0920. The van der Waals surface area contributed by atoms with E-state index < -0.39 is 5.97 Å². The minimum absolute atomic E-state index is 0. The second kappa shape index (κ2) is 8.76. The van der Waals surface area contributed by atoms with Gasteiger partial charge in [0.15, 0.2) is 0 Å². The van der Waals surface area contributed by atoms with Gasteiger partial charge in [-0.1, -0.05) is 12.1 Å². The highest BCUT2D eigenvalue weighted by atomic mass is 35.5. The summed E-state index contributed by atoms with van der Waals surface area (Å²) in [6.45, 7) is 3.86. The molecule has 1 amide bonds. The van der Waals surface area contributed by atoms with Crippen LogP contribution < -0.4 is 10.6 Å². The molecular formula is C16H23ClN2O3. The number of hydrogen-bond donors (Lipinski definition) is 2. The lowest BCUT2D eigenvalue weighted by Gasteiger charge is -2.13. The minimum atomic E-state index is -0.427. The van der Waals surface area contributed by atoms with E-state index in [1.54, 1.807) is 6.07 Å². The van der Waals surface area contributed by atoms with Crippen LogP contribution in [0.3, 0.4) is 0 Å². The lowest BCUT2D eigenvalue weighted by atomic mass is 10.0. The molecule has 22 heavy (non-hydrogen) atoms. The van der Waals surface area contributed by atoms with Crippen molar-refractivity contribution in [1.82, 2.24) is 5.32 Å². The Labute approximate surface area is 137 Å². The minimum Gasteiger partial charge on any atom is -0.465 e. The van der Waals surface area contributed by atoms with E-state index in [0.717, 1.165) is 31.5 Å². The zero-order valence-electron chi connectivity index (χ0n) is 13.0. The van der Waals surface area contributed by atoms with E-state index in [1.165, 1.54) is 7.11 Å². The Kier molecular flexibility index (Phi) is 7.35. The van der Waals surface area contributed by atoms with Crippen molar-refractivity contribution < 1.29 is 14.3 Å². The molecular weight excluding hydrogens is 304 g/mol. The van der Waals surface area contributed by atoms with Crippen LogP contribution in [-0.2, 0) is 9.53 Å². The standard InChI is InChI=1S/C16H22N2O3.ClH/c1-11-4-3-5-13(15(11)16(20)21-2)18-14(19)7-6-12-8-9-17-10-12;/h3-5,12,17H,6-10H2,1-2H3,(H,18,19);1H. The van der Waals surface area contributed by atoms with Crippen molar-refractivity contribution in [2.45, 2.75) is 26.2 Å². The number of anilines is 1. The van der Waals surface area contributed by atoms with Gasteiger partial charge in [0.05, 0.1) is 18.4 Å². The number of carbonyl (C=O) groups is 2. The molecule has 0 spiro atoms. The number of halogens is 1. The molecule has 1 unspecified atom stereocenters. The van der Waals surface area contributed by atoms with Crippen LogP contribution in [-0.4, -0.2) is 32.1 Å². The van der Waals surface area contributed by atoms with Crippen molar-refractivity contribution in [3.8, 4) is 0 Å². The Balaban J connectivity index is 0.00000242. The lowest BCUT2D eigenvalue weighted by molar-refractivity contribution is -0.116. The van der Waals surface area contributed by atoms with Crippen LogP contribution in [0.5, 0.6) is 0 Å². The summed E-state index contributed by atoms with van der Waals surface area (Å²) in [4.78, 5) is 23.9. The second-order valence-electron chi connectivity index (χ2n) is 5.43. The summed E-state index contributed by atoms with van der Waals surface area (Å²) >= 11 is 0. The fourth-order valence-electron chi connectivity index (χ4n) is 2.65. The monoisotopic (exact) mass is 326 g/mol. The molecule has 0 saturated carbocycles. The van der Waals surface area contributed by atoms with Gasteiger partial charge < -0.3 is 15.4 Å². The van der Waals surface area contributed by atoms with Crippen molar-refractivity contribution in [3.05, 3.63) is 29.3 Å². The molecule has 1 atom stereocenters. The first-order valence-electron chi connectivity index (χ1n) is 7.30. The Hall–Kier alpha value is -1.59. The average molecular weight is 327 g/mol. The Bertz CT molecular complexity index is 528. The number of nitrogens with one attached hydrogen (secondary N) is 2. The van der Waals surface area contributed by atoms with E-state index in [0.29, 0.717) is 23.6 Å². The van der Waals surface area contributed by atoms with Crippen molar-refractivity contribution >= 4 is 30.0 Å². The van der Waals surface area contributed by atoms with E-state index in [-0.39, 0.29) is 18.3 Å². The van der Waals surface area contributed by atoms with Crippen LogP contribution in [0.4, 0.5) is 5.69 Å². The Morgan fingerprint density at radius 1 is 1.41 bits per heavy atom. The van der Waals surface area contributed by atoms with Crippen LogP contribution in [0.1, 0.15) is 35.2 Å². The van der Waals surface area contributed by atoms with E-state index in [4.69, 9.17) is 4.74 Å². The van der Waals surface area contributed by atoms with Gasteiger partial charge >= 0.3 is 5.97 Å². The topological polar surface area (TPSA) is 67.4 Å². The number of carbonyl (C=O) groups excluding carboxylic acids is 2. The molecule has 2 N–H and O–H groups in total. The number of amides is 1. The first kappa shape index (κ1) is 18.5. The highest BCUT2D eigenvalue weighted by Gasteiger charge is 2.18. The van der Waals surface area contributed by atoms with Crippen LogP contribution in [0.25, 0.3) is 0 Å². The Morgan fingerprint density at radius 3 is 2.82 bits per heavy atom. The molecule has 1 fully saturated rings. The van der Waals surface area contributed by atoms with Crippen molar-refractivity contribution in [2.24, 2.45) is 5.92 Å². The van der Waals surface area contributed by atoms with Gasteiger partial charge in [-0.05, 0) is 50.4 Å². The highest BCUT2D eigenvalue weighted by molar-refractivity contribution is 6.02. The first-order chi connectivity index (χ1) is 10.1. The predicted octanol–water partition coefficient (Wildman–Crippen LogP) is 2.53. The normalized spacial score (nSPS) is 16.7. The smallest absolute Gasteiger partial charge is 0.340 e. The molecule has 0 aromatic heterocycles. The zero-order valence-corrected chi connectivity index (χ0v) is 13.8. The van der Waals surface area contributed by atoms with Crippen LogP contribution in [0, 0.1) is 12.8 Å². The van der Waals surface area contributed by atoms with Gasteiger partial charge in [-0.3, -0.25) is 4.79 Å². The summed E-state index contributed by atoms with van der Waals surface area (Å²) in [5, 5.41) is 6.12. The maximum atomic E-state index is 12.1. The largest absolute Gasteiger partial charge is 0.465 e. The van der Waals surface area contributed by atoms with Crippen LogP contribution in [0.2, 0.25) is 0 Å². The molecule has 1 saturated heterocycles. The molecule has 122 valence electrons. The third-order valence-corrected chi connectivity index (χ3v) is 3.88. The van der Waals surface area contributed by atoms with E-state index >= 15 is 0 Å². The van der Waals surface area contributed by atoms with Gasteiger partial charge in [-0.25, -0.2) is 4.79 Å². The van der Waals surface area contributed by atoms with Gasteiger partial charge in [-0.2, -0.15) is 0 Å². The Morgan fingerprint density at radius 2 is 2.18 bits per heavy atom. The van der Waals surface area contributed by atoms with Crippen LogP contribution in [0.15, 0.2) is 18.2 Å². The number of ether oxygens (including phenoxy) is 1. The number of methoxy groups -OCH3 is 1. The van der Waals surface area contributed by atoms with Gasteiger partial charge in [0.2, 0.25) is 5.91 Å². The fraction of sp³-hybridized carbons (Fsp3) is 0.500. The number of rotatable bonds is 5. The summed E-state index contributed by atoms with van der Waals surface area (Å²) in [6, 6.07) is 5.37. The maximum Gasteiger partial charge on any atom is 0.340 e. The summed E-state index contributed by atoms with van der Waals surface area (Å²) in [7, 11) is 1.34. The quantitative estimate of drug-likeness (QED) is 0.816. The zero-order chi connectivity index (χ0) is 15.2. The molecule has 1 aliphatic heterocycles. The van der Waals surface area contributed by atoms with Gasteiger partial charge in [0, 0.05) is 6.42 Å². The molecule has 2 rings (SSSR count). The molecule has 5 nitrogen and oxygen atoms in total. The number of esters is 1. The molecule has 0 aliphatic carbocycles. The SMILES string of the molecule is COC(=O)c1c(C)cccc1NC(=O)CCC1CCNC1.Cl. The molecule has 1 aliphatic rings. The second-order valence-corrected chi connectivity index (χ2v) is 5.43. The molecule has 1 aromatic rings. The van der Waals surface area contributed by atoms with Gasteiger partial charge in [-0.15, -0.1) is 12.4 Å². The van der Waals surface area contributed by atoms with Crippen LogP contribution >= 0.6 is 12.4 Å². The van der Waals surface area contributed by atoms with E-state index in [2.05, 4.69) is 10.6 Å². The third-order valence-electron chi connectivity index (χ3n) is 3.88. The molecule has 1 aromatic carbocycles. The van der Waals surface area contributed by atoms with Gasteiger partial charge in [0.1, 0.15) is 0 Å². The van der Waals surface area contributed by atoms with Crippen molar-refractivity contribution in [3.63, 3.8) is 0 Å². The predicted molar refractivity (Wildman–Crippen MR) is 88.6 cm³/mol.